The van der Waals surface area contributed by atoms with Gasteiger partial charge in [0.05, 0.1) is 17.7 Å². The summed E-state index contributed by atoms with van der Waals surface area (Å²) in [6, 6.07) is 0. The molecule has 0 saturated heterocycles. The third kappa shape index (κ3) is 3.93. The van der Waals surface area contributed by atoms with Crippen molar-refractivity contribution in [1.82, 2.24) is 15.3 Å². The van der Waals surface area contributed by atoms with E-state index in [1.165, 1.54) is 23.1 Å². The molecule has 0 aliphatic carbocycles. The maximum Gasteiger partial charge on any atom is 0.348 e. The third-order valence-electron chi connectivity index (χ3n) is 4.02. The molecule has 9 heteroatoms. The summed E-state index contributed by atoms with van der Waals surface area (Å²) >= 11 is 2.71. The fourth-order valence-electron chi connectivity index (χ4n) is 2.59. The lowest BCUT2D eigenvalue weighted by atomic mass is 9.93. The zero-order valence-corrected chi connectivity index (χ0v) is 16.9. The molecule has 140 valence electrons. The van der Waals surface area contributed by atoms with Crippen LogP contribution in [0, 0.1) is 12.3 Å². The van der Waals surface area contributed by atoms with E-state index in [4.69, 9.17) is 4.74 Å². The first-order chi connectivity index (χ1) is 12.3. The second-order valence-electron chi connectivity index (χ2n) is 6.90. The molecule has 3 rings (SSSR count). The van der Waals surface area contributed by atoms with Crippen LogP contribution in [-0.2, 0) is 10.5 Å². The van der Waals surface area contributed by atoms with Crippen molar-refractivity contribution in [3.8, 4) is 0 Å². The molecule has 7 nitrogen and oxygen atoms in total. The number of hydrogen-bond acceptors (Lipinski definition) is 8. The van der Waals surface area contributed by atoms with Crippen LogP contribution in [0.15, 0.2) is 9.79 Å². The molecule has 1 aliphatic heterocycles. The maximum atomic E-state index is 12.5. The largest absolute Gasteiger partial charge is 0.462 e. The number of nitrogens with zero attached hydrogens (tertiary/aromatic N) is 2. The average molecular weight is 395 g/mol. The molecule has 2 aromatic rings. The van der Waals surface area contributed by atoms with Gasteiger partial charge < -0.3 is 15.0 Å². The highest BCUT2D eigenvalue weighted by Gasteiger charge is 2.23. The minimum atomic E-state index is -0.410. The van der Waals surface area contributed by atoms with Crippen molar-refractivity contribution in [2.75, 3.05) is 19.7 Å². The zero-order valence-electron chi connectivity index (χ0n) is 15.3. The lowest BCUT2D eigenvalue weighted by molar-refractivity contribution is 0.0531. The van der Waals surface area contributed by atoms with E-state index in [0.29, 0.717) is 38.8 Å². The van der Waals surface area contributed by atoms with Crippen LogP contribution in [0.5, 0.6) is 0 Å². The van der Waals surface area contributed by atoms with Crippen molar-refractivity contribution >= 4 is 44.5 Å². The molecule has 0 spiro atoms. The summed E-state index contributed by atoms with van der Waals surface area (Å²) in [7, 11) is 0. The number of fused-ring (bicyclic) bond motifs is 1. The predicted molar refractivity (Wildman–Crippen MR) is 106 cm³/mol. The Bertz CT molecular complexity index is 930. The number of carbonyl (C=O) groups excluding carboxylic acids is 1. The molecule has 3 heterocycles. The van der Waals surface area contributed by atoms with E-state index in [0.717, 1.165) is 18.3 Å². The number of H-pyrrole nitrogens is 1. The number of amidine groups is 1. The molecule has 0 saturated carbocycles. The van der Waals surface area contributed by atoms with Gasteiger partial charge in [0, 0.05) is 18.5 Å². The van der Waals surface area contributed by atoms with Crippen molar-refractivity contribution in [1.29, 1.82) is 0 Å². The average Bonchev–Trinajstić information content (AvgIpc) is 2.91. The summed E-state index contributed by atoms with van der Waals surface area (Å²) in [5.41, 5.74) is 0.555. The highest BCUT2D eigenvalue weighted by Crippen LogP contribution is 2.28. The lowest BCUT2D eigenvalue weighted by Crippen LogP contribution is -2.39. The third-order valence-corrected chi connectivity index (χ3v) is 6.16. The number of hydrogen-bond donors (Lipinski definition) is 2. The van der Waals surface area contributed by atoms with E-state index in [-0.39, 0.29) is 11.0 Å². The summed E-state index contributed by atoms with van der Waals surface area (Å²) in [5.74, 6) is 0.661. The van der Waals surface area contributed by atoms with Crippen LogP contribution in [0.25, 0.3) is 10.2 Å². The van der Waals surface area contributed by atoms with Crippen LogP contribution in [0.4, 0.5) is 0 Å². The number of aliphatic imine (C=N–C) groups is 1. The van der Waals surface area contributed by atoms with Crippen LogP contribution < -0.4 is 10.9 Å². The van der Waals surface area contributed by atoms with E-state index in [1.807, 2.05) is 0 Å². The molecule has 1 aliphatic rings. The minimum Gasteiger partial charge on any atom is -0.462 e. The first-order valence-electron chi connectivity index (χ1n) is 8.41. The standard InChI is InChI=1S/C17H22N4O3S2/c1-5-24-15(23)12-9(2)11-13(22)20-10(21-14(11)26-12)6-25-16-18-7-17(3,4)8-19-16/h5-8H2,1-4H3,(H,18,19)(H,20,21,22). The predicted octanol–water partition coefficient (Wildman–Crippen LogP) is 2.69. The van der Waals surface area contributed by atoms with Gasteiger partial charge in [0.1, 0.15) is 15.5 Å². The second kappa shape index (κ2) is 7.40. The Hall–Kier alpha value is -1.87. The lowest BCUT2D eigenvalue weighted by Gasteiger charge is -2.28. The molecule has 0 amide bonds. The number of ether oxygens (including phenoxy) is 1. The van der Waals surface area contributed by atoms with Crippen LogP contribution in [0.1, 0.15) is 41.8 Å². The first kappa shape index (κ1) is 18.9. The molecule has 0 bridgehead atoms. The Morgan fingerprint density at radius 2 is 2.19 bits per heavy atom. The monoisotopic (exact) mass is 394 g/mol. The number of aromatic amines is 1. The van der Waals surface area contributed by atoms with Gasteiger partial charge in [-0.3, -0.25) is 9.79 Å². The molecule has 0 radical (unpaired) electrons. The van der Waals surface area contributed by atoms with Gasteiger partial charge >= 0.3 is 5.97 Å². The number of aromatic nitrogens is 2. The summed E-state index contributed by atoms with van der Waals surface area (Å²) in [5, 5.41) is 4.63. The number of carbonyl (C=O) groups is 1. The van der Waals surface area contributed by atoms with Crippen molar-refractivity contribution in [2.45, 2.75) is 33.4 Å². The fourth-order valence-corrected chi connectivity index (χ4v) is 4.43. The van der Waals surface area contributed by atoms with Crippen LogP contribution in [0.2, 0.25) is 0 Å². The number of esters is 1. The summed E-state index contributed by atoms with van der Waals surface area (Å²) in [6.45, 7) is 9.77. The van der Waals surface area contributed by atoms with Gasteiger partial charge in [-0.05, 0) is 19.4 Å². The van der Waals surface area contributed by atoms with Gasteiger partial charge in [-0.1, -0.05) is 25.6 Å². The molecular formula is C17H22N4O3S2. The van der Waals surface area contributed by atoms with Gasteiger partial charge in [0.2, 0.25) is 0 Å². The van der Waals surface area contributed by atoms with Gasteiger partial charge in [0.15, 0.2) is 5.17 Å². The van der Waals surface area contributed by atoms with Crippen molar-refractivity contribution in [3.63, 3.8) is 0 Å². The van der Waals surface area contributed by atoms with Gasteiger partial charge in [-0.25, -0.2) is 9.78 Å². The summed E-state index contributed by atoms with van der Waals surface area (Å²) < 4.78 is 5.06. The molecule has 2 N–H and O–H groups in total. The van der Waals surface area contributed by atoms with E-state index in [9.17, 15) is 9.59 Å². The van der Waals surface area contributed by atoms with E-state index in [2.05, 4.69) is 34.1 Å². The number of thioether (sulfide) groups is 1. The fraction of sp³-hybridized carbons (Fsp3) is 0.529. The number of rotatable bonds is 4. The second-order valence-corrected chi connectivity index (χ2v) is 8.86. The van der Waals surface area contributed by atoms with E-state index >= 15 is 0 Å². The SMILES string of the molecule is CCOC(=O)c1sc2nc(CSC3=NCC(C)(C)CN3)[nH]c(=O)c2c1C. The number of aryl methyl sites for hydroxylation is 1. The van der Waals surface area contributed by atoms with Crippen molar-refractivity contribution in [2.24, 2.45) is 10.4 Å². The van der Waals surface area contributed by atoms with Gasteiger partial charge in [-0.15, -0.1) is 11.3 Å². The Morgan fingerprint density at radius 1 is 1.42 bits per heavy atom. The smallest absolute Gasteiger partial charge is 0.348 e. The molecule has 0 unspecified atom stereocenters. The molecule has 0 fully saturated rings. The summed E-state index contributed by atoms with van der Waals surface area (Å²) in [4.78, 5) is 37.4. The highest BCUT2D eigenvalue weighted by atomic mass is 32.2. The van der Waals surface area contributed by atoms with Crippen molar-refractivity contribution in [3.05, 3.63) is 26.6 Å². The van der Waals surface area contributed by atoms with Gasteiger partial charge in [0.25, 0.3) is 5.56 Å². The van der Waals surface area contributed by atoms with E-state index in [1.54, 1.807) is 13.8 Å². The molecule has 26 heavy (non-hydrogen) atoms. The Balaban J connectivity index is 1.82. The summed E-state index contributed by atoms with van der Waals surface area (Å²) in [6.07, 6.45) is 0. The quantitative estimate of drug-likeness (QED) is 0.774. The molecule has 0 aromatic carbocycles. The number of thiophene rings is 1. The molecule has 0 atom stereocenters. The van der Waals surface area contributed by atoms with Crippen molar-refractivity contribution < 1.29 is 9.53 Å². The Morgan fingerprint density at radius 3 is 2.85 bits per heavy atom. The van der Waals surface area contributed by atoms with E-state index < -0.39 is 5.97 Å². The van der Waals surface area contributed by atoms with Crippen LogP contribution in [0.3, 0.4) is 0 Å². The molecular weight excluding hydrogens is 372 g/mol. The Labute approximate surface area is 159 Å². The maximum absolute atomic E-state index is 12.5. The minimum absolute atomic E-state index is 0.160. The topological polar surface area (TPSA) is 96.4 Å². The normalized spacial score (nSPS) is 16.2. The highest BCUT2D eigenvalue weighted by molar-refractivity contribution is 8.13. The zero-order chi connectivity index (χ0) is 18.9. The Kier molecular flexibility index (Phi) is 5.38. The first-order valence-corrected chi connectivity index (χ1v) is 10.2. The number of nitrogens with one attached hydrogen (secondary N) is 2. The van der Waals surface area contributed by atoms with Crippen LogP contribution in [-0.4, -0.2) is 40.8 Å². The molecule has 2 aromatic heterocycles. The van der Waals surface area contributed by atoms with Gasteiger partial charge in [-0.2, -0.15) is 0 Å². The van der Waals surface area contributed by atoms with Crippen LogP contribution >= 0.6 is 23.1 Å².